The number of carbonyl (C=O) groups is 2. The minimum atomic E-state index is -0.866. The van der Waals surface area contributed by atoms with Gasteiger partial charge in [-0.2, -0.15) is 4.99 Å². The molecular weight excluding hydrogens is 296 g/mol. The predicted molar refractivity (Wildman–Crippen MR) is 83.8 cm³/mol. The van der Waals surface area contributed by atoms with Crippen LogP contribution in [-0.2, 0) is 20.9 Å². The normalized spacial score (nSPS) is 26.6. The van der Waals surface area contributed by atoms with Crippen molar-refractivity contribution in [1.82, 2.24) is 5.32 Å². The average molecular weight is 316 g/mol. The molecule has 1 N–H and O–H groups in total. The molecule has 2 aliphatic heterocycles. The summed E-state index contributed by atoms with van der Waals surface area (Å²) in [5.74, 6) is -0.115. The minimum Gasteiger partial charge on any atom is -0.474 e. The van der Waals surface area contributed by atoms with Gasteiger partial charge < -0.3 is 9.47 Å². The lowest BCUT2D eigenvalue weighted by atomic mass is 9.73. The number of urea groups is 1. The lowest BCUT2D eigenvalue weighted by Gasteiger charge is -2.31. The number of rotatable bonds is 5. The molecule has 0 unspecified atom stereocenters. The number of nitrogens with one attached hydrogen (secondary N) is 1. The van der Waals surface area contributed by atoms with Crippen LogP contribution in [0.15, 0.2) is 35.3 Å². The lowest BCUT2D eigenvalue weighted by molar-refractivity contribution is -0.128. The Balaban J connectivity index is 1.67. The molecule has 23 heavy (non-hydrogen) atoms. The maximum absolute atomic E-state index is 12.4. The quantitative estimate of drug-likeness (QED) is 0.904. The van der Waals surface area contributed by atoms with E-state index in [9.17, 15) is 9.59 Å². The van der Waals surface area contributed by atoms with Gasteiger partial charge in [0.25, 0.3) is 0 Å². The summed E-state index contributed by atoms with van der Waals surface area (Å²) in [5.41, 5.74) is 0.209. The molecule has 1 aromatic rings. The average Bonchev–Trinajstić information content (AvgIpc) is 2.88. The van der Waals surface area contributed by atoms with Crippen molar-refractivity contribution in [1.29, 1.82) is 0 Å². The van der Waals surface area contributed by atoms with E-state index in [-0.39, 0.29) is 23.8 Å². The van der Waals surface area contributed by atoms with E-state index in [0.29, 0.717) is 19.6 Å². The van der Waals surface area contributed by atoms with Gasteiger partial charge in [-0.15, -0.1) is 0 Å². The molecule has 6 heteroatoms. The van der Waals surface area contributed by atoms with E-state index in [0.717, 1.165) is 5.56 Å². The SMILES string of the molecule is CC(C)[C@]12C[C@@H](COCc3ccccc3)OC1=NC(=O)NC2=O. The second-order valence-electron chi connectivity index (χ2n) is 6.25. The number of nitrogens with zero attached hydrogens (tertiary/aromatic N) is 1. The molecule has 1 fully saturated rings. The van der Waals surface area contributed by atoms with Crippen molar-refractivity contribution in [2.24, 2.45) is 16.3 Å². The molecule has 0 aromatic heterocycles. The standard InChI is InChI=1S/C17H20N2O4/c1-11(2)17-8-13(10-22-9-12-6-4-3-5-7-12)23-15(17)19-16(21)18-14(17)20/h3-7,11,13H,8-10H2,1-2H3,(H,18,20,21)/t13-,17-/m0/s1. The Morgan fingerprint density at radius 3 is 2.78 bits per heavy atom. The van der Waals surface area contributed by atoms with Crippen LogP contribution in [0.4, 0.5) is 4.79 Å². The number of amides is 3. The van der Waals surface area contributed by atoms with Crippen molar-refractivity contribution >= 4 is 17.8 Å². The Morgan fingerprint density at radius 2 is 2.09 bits per heavy atom. The zero-order chi connectivity index (χ0) is 16.4. The lowest BCUT2D eigenvalue weighted by Crippen LogP contribution is -2.52. The second-order valence-corrected chi connectivity index (χ2v) is 6.25. The van der Waals surface area contributed by atoms with E-state index in [1.165, 1.54) is 0 Å². The van der Waals surface area contributed by atoms with Crippen LogP contribution in [0.5, 0.6) is 0 Å². The molecule has 0 bridgehead atoms. The Hall–Kier alpha value is -2.21. The molecule has 122 valence electrons. The van der Waals surface area contributed by atoms with E-state index >= 15 is 0 Å². The molecule has 0 saturated carbocycles. The van der Waals surface area contributed by atoms with Crippen molar-refractivity contribution in [3.63, 3.8) is 0 Å². The molecule has 6 nitrogen and oxygen atoms in total. The third kappa shape index (κ3) is 2.86. The first-order valence-corrected chi connectivity index (χ1v) is 7.75. The number of imide groups is 1. The number of hydrogen-bond acceptors (Lipinski definition) is 4. The smallest absolute Gasteiger partial charge is 0.350 e. The zero-order valence-electron chi connectivity index (χ0n) is 13.2. The fourth-order valence-electron chi connectivity index (χ4n) is 3.12. The number of aliphatic imine (C=N–C) groups is 1. The minimum absolute atomic E-state index is 0.0199. The van der Waals surface area contributed by atoms with E-state index < -0.39 is 11.4 Å². The Labute approximate surface area is 134 Å². The van der Waals surface area contributed by atoms with E-state index in [1.807, 2.05) is 44.2 Å². The highest BCUT2D eigenvalue weighted by atomic mass is 16.5. The molecule has 1 saturated heterocycles. The molecule has 2 aliphatic rings. The van der Waals surface area contributed by atoms with Gasteiger partial charge in [0, 0.05) is 6.42 Å². The summed E-state index contributed by atoms with van der Waals surface area (Å²) in [5, 5.41) is 2.29. The largest absolute Gasteiger partial charge is 0.474 e. The van der Waals surface area contributed by atoms with Crippen LogP contribution in [-0.4, -0.2) is 30.5 Å². The summed E-state index contributed by atoms with van der Waals surface area (Å²) in [6.07, 6.45) is 0.189. The van der Waals surface area contributed by atoms with Gasteiger partial charge in [-0.25, -0.2) is 4.79 Å². The highest BCUT2D eigenvalue weighted by molar-refractivity contribution is 6.18. The zero-order valence-corrected chi connectivity index (χ0v) is 13.2. The van der Waals surface area contributed by atoms with Crippen LogP contribution < -0.4 is 5.32 Å². The maximum atomic E-state index is 12.4. The summed E-state index contributed by atoms with van der Waals surface area (Å²) >= 11 is 0. The van der Waals surface area contributed by atoms with Gasteiger partial charge in [0.05, 0.1) is 13.2 Å². The van der Waals surface area contributed by atoms with Crippen molar-refractivity contribution in [3.8, 4) is 0 Å². The van der Waals surface area contributed by atoms with E-state index in [2.05, 4.69) is 10.3 Å². The van der Waals surface area contributed by atoms with Gasteiger partial charge >= 0.3 is 6.03 Å². The first kappa shape index (κ1) is 15.7. The van der Waals surface area contributed by atoms with Gasteiger partial charge in [0.1, 0.15) is 11.5 Å². The molecule has 0 spiro atoms. The molecule has 3 rings (SSSR count). The summed E-state index contributed by atoms with van der Waals surface area (Å²) < 4.78 is 11.5. The summed E-state index contributed by atoms with van der Waals surface area (Å²) in [7, 11) is 0. The Morgan fingerprint density at radius 1 is 1.35 bits per heavy atom. The van der Waals surface area contributed by atoms with E-state index in [1.54, 1.807) is 0 Å². The van der Waals surface area contributed by atoms with Crippen LogP contribution in [0.1, 0.15) is 25.8 Å². The Kier molecular flexibility index (Phi) is 4.17. The third-order valence-corrected chi connectivity index (χ3v) is 4.44. The highest BCUT2D eigenvalue weighted by Gasteiger charge is 2.57. The van der Waals surface area contributed by atoms with Crippen molar-refractivity contribution in [2.45, 2.75) is 33.0 Å². The second kappa shape index (κ2) is 6.12. The summed E-state index contributed by atoms with van der Waals surface area (Å²) in [6.45, 7) is 4.69. The van der Waals surface area contributed by atoms with Crippen LogP contribution in [0.3, 0.4) is 0 Å². The van der Waals surface area contributed by atoms with Crippen LogP contribution in [0.2, 0.25) is 0 Å². The number of hydrogen-bond donors (Lipinski definition) is 1. The molecule has 3 amide bonds. The highest BCUT2D eigenvalue weighted by Crippen LogP contribution is 2.43. The summed E-state index contributed by atoms with van der Waals surface area (Å²) in [6, 6.07) is 9.18. The number of fused-ring (bicyclic) bond motifs is 1. The van der Waals surface area contributed by atoms with Crippen LogP contribution >= 0.6 is 0 Å². The van der Waals surface area contributed by atoms with Crippen molar-refractivity contribution in [3.05, 3.63) is 35.9 Å². The third-order valence-electron chi connectivity index (χ3n) is 4.44. The fraction of sp³-hybridized carbons (Fsp3) is 0.471. The van der Waals surface area contributed by atoms with Crippen molar-refractivity contribution in [2.75, 3.05) is 6.61 Å². The molecule has 0 radical (unpaired) electrons. The van der Waals surface area contributed by atoms with Gasteiger partial charge in [-0.05, 0) is 11.5 Å². The van der Waals surface area contributed by atoms with Crippen molar-refractivity contribution < 1.29 is 19.1 Å². The number of benzene rings is 1. The van der Waals surface area contributed by atoms with Gasteiger partial charge in [-0.3, -0.25) is 10.1 Å². The van der Waals surface area contributed by atoms with Gasteiger partial charge in [0.2, 0.25) is 11.8 Å². The number of carbonyl (C=O) groups excluding carboxylic acids is 2. The molecular formula is C17H20N2O4. The van der Waals surface area contributed by atoms with Crippen LogP contribution in [0, 0.1) is 11.3 Å². The molecule has 0 aliphatic carbocycles. The molecule has 1 aromatic carbocycles. The summed E-state index contributed by atoms with van der Waals surface area (Å²) in [4.78, 5) is 27.7. The molecule has 2 heterocycles. The fourth-order valence-corrected chi connectivity index (χ4v) is 3.12. The maximum Gasteiger partial charge on any atom is 0.350 e. The van der Waals surface area contributed by atoms with E-state index in [4.69, 9.17) is 9.47 Å². The molecule has 2 atom stereocenters. The van der Waals surface area contributed by atoms with Gasteiger partial charge in [-0.1, -0.05) is 44.2 Å². The van der Waals surface area contributed by atoms with Gasteiger partial charge in [0.15, 0.2) is 0 Å². The number of ether oxygens (including phenoxy) is 2. The Bertz CT molecular complexity index is 641. The first-order chi connectivity index (χ1) is 11.0. The first-order valence-electron chi connectivity index (χ1n) is 7.75. The topological polar surface area (TPSA) is 77.0 Å². The monoisotopic (exact) mass is 316 g/mol. The van der Waals surface area contributed by atoms with Crippen LogP contribution in [0.25, 0.3) is 0 Å². The predicted octanol–water partition coefficient (Wildman–Crippen LogP) is 2.28.